The summed E-state index contributed by atoms with van der Waals surface area (Å²) in [7, 11) is 7.37. The molecule has 780 valence electrons. The van der Waals surface area contributed by atoms with E-state index in [1.54, 1.807) is 6.08 Å². The first kappa shape index (κ1) is 114. The normalized spacial score (nSPS) is 29.7. The van der Waals surface area contributed by atoms with E-state index in [1.165, 1.54) is 115 Å². The third kappa shape index (κ3) is 31.3. The summed E-state index contributed by atoms with van der Waals surface area (Å²) in [6.07, 6.45) is -19.4. The third-order valence-electron chi connectivity index (χ3n) is 26.6. The van der Waals surface area contributed by atoms with Crippen molar-refractivity contribution < 1.29 is 168 Å². The predicted molar refractivity (Wildman–Crippen MR) is 500 cm³/mol. The Kier molecular flexibility index (Phi) is 46.9. The number of aliphatic hydroxyl groups is 15. The predicted octanol–water partition coefficient (Wildman–Crippen LogP) is 3.51. The number of carboxylic acids is 2. The van der Waals surface area contributed by atoms with Crippen molar-refractivity contribution in [3.8, 4) is 11.5 Å². The number of hydrogen-bond donors (Lipinski definition) is 21. The molecule has 6 aliphatic rings. The van der Waals surface area contributed by atoms with E-state index < -0.39 is 259 Å². The van der Waals surface area contributed by atoms with E-state index in [-0.39, 0.29) is 23.1 Å². The van der Waals surface area contributed by atoms with Crippen LogP contribution < -0.4 is 35.8 Å². The number of rotatable bonds is 58. The largest absolute Gasteiger partial charge is 0.478 e. The number of benzene rings is 3. The highest BCUT2D eigenvalue weighted by atomic mass is 16.8. The number of aliphatic carboxylic acids is 1. The van der Waals surface area contributed by atoms with Gasteiger partial charge in [0.05, 0.1) is 69.0 Å². The Bertz CT molecular complexity index is 4190. The molecule has 9 rings (SSSR count). The molecule has 0 radical (unpaired) electrons. The zero-order chi connectivity index (χ0) is 101. The maximum absolute atomic E-state index is 14.5. The Balaban J connectivity index is 0.974. The van der Waals surface area contributed by atoms with Crippen LogP contribution in [-0.4, -0.2) is 361 Å². The van der Waals surface area contributed by atoms with Crippen molar-refractivity contribution in [3.05, 3.63) is 94.6 Å². The number of anilines is 2. The number of nitrogens with zero attached hydrogens (tertiary/aromatic N) is 2. The SMILES string of the molecule is CCCCCCCCCCCCC/C=C/[C@@H](O)[C@H](CO[C@@H]1O[C@H](CO)[C@@H](O[C@@H]2O[C@H](CO)[C@H](O[C@@H]3O[C@H](CO)[C@H](O)[C@H](O[C@@H]4O[C@H](CO)[C@H](O)[C@H](O)[C@H]4O)[C@H]3NC(C)=O)[C@H](O[C@]3(C(=O)O)C[C@H](O)[C@@H](NC(C)=O)[C@H]([C@H](O)[C@H](O)CNC(=O)c4ccc(C5c6ccc(N(C)C)cc6Oc6cc(N(C)C)ccc65)c(C(=O)O)c4)O3)[C@H]2O)[C@H](O)[C@H]1O)NC(=O)CCCCCCCCCCCCCCCCC. The Hall–Kier alpha value is -7.38. The van der Waals surface area contributed by atoms with E-state index >= 15 is 0 Å². The number of carboxylic acid groups (broad SMARTS) is 2. The molecule has 5 fully saturated rings. The first-order valence-corrected chi connectivity index (χ1v) is 49.2. The fourth-order valence-electron chi connectivity index (χ4n) is 18.6. The standard InChI is InChI=1S/C98H154N6O34/c1-9-11-13-15-17-19-21-23-24-26-28-30-32-34-36-38-74(114)102-64(65(111)37-35-33-31-29-27-25-22-20-18-16-14-12-10-2)54-128-94-84(121)82(119)86(72(52-107)132-94)134-96-85(122)90(87(73(53-108)133-96)135-93-77(101-56(4)110)88(80(117)71(51-106)130-93)136-95-83(120)81(118)79(116)70(50-105)131-95)138-98(97(126)127)48-66(112)76(100-55(3)109)89(137-98)78(115)67(113)49-99-91(123)57-39-42-60(63(45-57)92(124)125)75-61-43-40-58(103(5)6)46-68(61)129-69-47-59(104(7)8)41-44-62(69)75/h35,37,39-47,64-67,70-73,75-90,93-96,105-108,111-113,115-122H,9-34,36,38,48-54H2,1-8H3,(H,99,123)(H,100,109)(H,101,110)(H,102,114)(H,124,125)(H,126,127)/b37-35+/t64-,65+,66-,67+,70+,71+,72+,73+,76+,77+,78+,79-,80-,81-,82+,83+,84+,85+,86+,87-,88+,89+,90+,93-,94+,95-,96-,98-/m0/s1. The van der Waals surface area contributed by atoms with Gasteiger partial charge in [0.25, 0.3) is 11.7 Å². The van der Waals surface area contributed by atoms with Crippen molar-refractivity contribution in [3.63, 3.8) is 0 Å². The van der Waals surface area contributed by atoms with Crippen LogP contribution in [0.2, 0.25) is 0 Å². The average molecular weight is 1960 g/mol. The maximum atomic E-state index is 14.5. The molecular formula is C98H154N6O34. The number of nitrogens with one attached hydrogen (secondary N) is 4. The summed E-state index contributed by atoms with van der Waals surface area (Å²) in [6.45, 7) is 0.259. The van der Waals surface area contributed by atoms with Gasteiger partial charge < -0.3 is 170 Å². The second-order valence-electron chi connectivity index (χ2n) is 37.7. The molecule has 40 heteroatoms. The molecule has 3 aromatic rings. The fourth-order valence-corrected chi connectivity index (χ4v) is 18.6. The maximum Gasteiger partial charge on any atom is 0.364 e. The van der Waals surface area contributed by atoms with Crippen LogP contribution in [-0.2, 0) is 66.5 Å². The van der Waals surface area contributed by atoms with E-state index in [0.717, 1.165) is 95.5 Å². The Morgan fingerprint density at radius 2 is 0.964 bits per heavy atom. The number of aliphatic hydroxyl groups excluding tert-OH is 15. The van der Waals surface area contributed by atoms with Crippen molar-refractivity contribution in [1.82, 2.24) is 21.3 Å². The van der Waals surface area contributed by atoms with Crippen molar-refractivity contribution in [2.24, 2.45) is 0 Å². The molecule has 3 aromatic carbocycles. The first-order valence-electron chi connectivity index (χ1n) is 49.2. The number of amides is 4. The van der Waals surface area contributed by atoms with Gasteiger partial charge in [0.15, 0.2) is 25.2 Å². The minimum Gasteiger partial charge on any atom is -0.478 e. The number of fused-ring (bicyclic) bond motifs is 2. The molecule has 5 saturated heterocycles. The van der Waals surface area contributed by atoms with Crippen LogP contribution in [0.25, 0.3) is 0 Å². The summed E-state index contributed by atoms with van der Waals surface area (Å²) in [5.41, 5.74) is 2.41. The number of hydrogen-bond acceptors (Lipinski definition) is 34. The lowest BCUT2D eigenvalue weighted by Crippen LogP contribution is -2.72. The molecule has 6 heterocycles. The Labute approximate surface area is 806 Å². The lowest BCUT2D eigenvalue weighted by atomic mass is 9.80. The van der Waals surface area contributed by atoms with Gasteiger partial charge in [-0.05, 0) is 49.1 Å². The van der Waals surface area contributed by atoms with Crippen LogP contribution in [0, 0.1) is 0 Å². The number of carbonyl (C=O) groups excluding carboxylic acids is 4. The Morgan fingerprint density at radius 3 is 1.49 bits per heavy atom. The summed E-state index contributed by atoms with van der Waals surface area (Å²) >= 11 is 0. The number of carbonyl (C=O) groups is 6. The van der Waals surface area contributed by atoms with Gasteiger partial charge in [-0.1, -0.05) is 198 Å². The van der Waals surface area contributed by atoms with Gasteiger partial charge in [0, 0.05) is 108 Å². The highest BCUT2D eigenvalue weighted by Crippen LogP contribution is 2.51. The molecule has 40 nitrogen and oxygen atoms in total. The molecule has 0 spiro atoms. The van der Waals surface area contributed by atoms with Gasteiger partial charge in [-0.3, -0.25) is 19.2 Å². The summed E-state index contributed by atoms with van der Waals surface area (Å²) < 4.78 is 67.8. The van der Waals surface area contributed by atoms with E-state index in [0.29, 0.717) is 35.5 Å². The monoisotopic (exact) mass is 1960 g/mol. The summed E-state index contributed by atoms with van der Waals surface area (Å²) in [5, 5.41) is 207. The van der Waals surface area contributed by atoms with Gasteiger partial charge in [-0.2, -0.15) is 0 Å². The highest BCUT2D eigenvalue weighted by molar-refractivity contribution is 5.98. The molecule has 138 heavy (non-hydrogen) atoms. The number of allylic oxidation sites excluding steroid dienone is 1. The molecule has 21 N–H and O–H groups in total. The second-order valence-corrected chi connectivity index (χ2v) is 37.7. The van der Waals surface area contributed by atoms with E-state index in [4.69, 9.17) is 52.1 Å². The minimum absolute atomic E-state index is 0.107. The molecule has 0 saturated carbocycles. The molecule has 0 aromatic heterocycles. The second kappa shape index (κ2) is 56.6. The van der Waals surface area contributed by atoms with E-state index in [9.17, 15) is 116 Å². The average Bonchev–Trinajstić information content (AvgIpc) is 0.743. The summed E-state index contributed by atoms with van der Waals surface area (Å²) in [5.74, 6) is -10.4. The van der Waals surface area contributed by atoms with Crippen LogP contribution in [0.3, 0.4) is 0 Å². The van der Waals surface area contributed by atoms with Crippen molar-refractivity contribution >= 4 is 46.9 Å². The van der Waals surface area contributed by atoms with Crippen LogP contribution in [0.5, 0.6) is 11.5 Å². The van der Waals surface area contributed by atoms with Gasteiger partial charge >= 0.3 is 11.9 Å². The number of aromatic carboxylic acids is 1. The minimum atomic E-state index is -3.54. The van der Waals surface area contributed by atoms with Crippen LogP contribution in [0.4, 0.5) is 11.4 Å². The zero-order valence-corrected chi connectivity index (χ0v) is 80.7. The molecule has 4 amide bonds. The fraction of sp³-hybridized carbons (Fsp3) is 0.735. The summed E-state index contributed by atoms with van der Waals surface area (Å²) in [6, 6.07) is 9.70. The van der Waals surface area contributed by atoms with E-state index in [2.05, 4.69) is 35.1 Å². The molecule has 6 aliphatic heterocycles. The van der Waals surface area contributed by atoms with Gasteiger partial charge in [-0.25, -0.2) is 9.59 Å². The number of ether oxygens (including phenoxy) is 11. The molecule has 28 atom stereocenters. The highest BCUT2D eigenvalue weighted by Gasteiger charge is 2.63. The smallest absolute Gasteiger partial charge is 0.364 e. The van der Waals surface area contributed by atoms with Crippen molar-refractivity contribution in [1.29, 1.82) is 0 Å². The lowest BCUT2D eigenvalue weighted by molar-refractivity contribution is -0.403. The molecule has 0 bridgehead atoms. The quantitative estimate of drug-likeness (QED) is 0.0222. The van der Waals surface area contributed by atoms with E-state index in [1.807, 2.05) is 74.4 Å². The number of unbranched alkanes of at least 4 members (excludes halogenated alkanes) is 25. The van der Waals surface area contributed by atoms with Crippen LogP contribution in [0.1, 0.15) is 257 Å². The van der Waals surface area contributed by atoms with Gasteiger partial charge in [0.2, 0.25) is 17.7 Å². The lowest BCUT2D eigenvalue weighted by Gasteiger charge is -2.52. The van der Waals surface area contributed by atoms with Gasteiger partial charge in [0.1, 0.15) is 121 Å². The topological polar surface area (TPSA) is 602 Å². The van der Waals surface area contributed by atoms with Crippen molar-refractivity contribution in [2.45, 2.75) is 391 Å². The Morgan fingerprint density at radius 1 is 0.500 bits per heavy atom. The zero-order valence-electron chi connectivity index (χ0n) is 80.7. The molecule has 0 unspecified atom stereocenters. The van der Waals surface area contributed by atoms with Gasteiger partial charge in [-0.15, -0.1) is 0 Å². The third-order valence-corrected chi connectivity index (χ3v) is 26.6. The van der Waals surface area contributed by atoms with Crippen LogP contribution >= 0.6 is 0 Å². The summed E-state index contributed by atoms with van der Waals surface area (Å²) in [4.78, 5) is 86.2. The van der Waals surface area contributed by atoms with Crippen molar-refractivity contribution in [2.75, 3.05) is 77.6 Å². The molecule has 0 aliphatic carbocycles. The molecular weight excluding hydrogens is 1810 g/mol. The van der Waals surface area contributed by atoms with Crippen LogP contribution in [0.15, 0.2) is 66.7 Å². The first-order chi connectivity index (χ1) is 66.0.